The zero-order valence-corrected chi connectivity index (χ0v) is 30.9. The molecule has 274 valence electrons. The van der Waals surface area contributed by atoms with Gasteiger partial charge >= 0.3 is 17.9 Å². The van der Waals surface area contributed by atoms with Crippen molar-refractivity contribution in [1.29, 1.82) is 0 Å². The molecule has 6 heteroatoms. The fraction of sp³-hybridized carbons (Fsp3) is 0.950. The number of carbonyl (C=O) groups is 2. The Morgan fingerprint density at radius 3 is 0.891 bits per heavy atom. The Labute approximate surface area is 285 Å². The van der Waals surface area contributed by atoms with Crippen LogP contribution in [0.4, 0.5) is 0 Å². The van der Waals surface area contributed by atoms with Crippen molar-refractivity contribution in [3.8, 4) is 0 Å². The Bertz CT molecular complexity index is 616. The molecule has 0 bridgehead atoms. The molecule has 0 rings (SSSR count). The van der Waals surface area contributed by atoms with Crippen LogP contribution in [-0.2, 0) is 19.1 Å². The highest BCUT2D eigenvalue weighted by Gasteiger charge is 2.37. The van der Waals surface area contributed by atoms with Crippen molar-refractivity contribution in [2.75, 3.05) is 0 Å². The lowest BCUT2D eigenvalue weighted by Gasteiger charge is -2.28. The first-order valence-electron chi connectivity index (χ1n) is 20.2. The van der Waals surface area contributed by atoms with Gasteiger partial charge in [0.1, 0.15) is 0 Å². The molecule has 0 aliphatic carbocycles. The molecular formula is C40H78O6. The van der Waals surface area contributed by atoms with Crippen molar-refractivity contribution in [2.24, 2.45) is 0 Å². The molecule has 6 nitrogen and oxygen atoms in total. The summed E-state index contributed by atoms with van der Waals surface area (Å²) >= 11 is 0. The molecule has 0 saturated heterocycles. The number of unbranched alkanes of at least 4 members (excludes halogenated alkanes) is 28. The van der Waals surface area contributed by atoms with Crippen molar-refractivity contribution < 1.29 is 29.3 Å². The van der Waals surface area contributed by atoms with Crippen LogP contribution in [0, 0.1) is 0 Å². The summed E-state index contributed by atoms with van der Waals surface area (Å²) in [5, 5.41) is 20.5. The molecular weight excluding hydrogens is 576 g/mol. The monoisotopic (exact) mass is 655 g/mol. The number of aliphatic hydroxyl groups is 2. The summed E-state index contributed by atoms with van der Waals surface area (Å²) < 4.78 is 10.4. The van der Waals surface area contributed by atoms with Crippen molar-refractivity contribution in [2.45, 2.75) is 245 Å². The highest BCUT2D eigenvalue weighted by molar-refractivity contribution is 5.71. The maximum absolute atomic E-state index is 12.4. The van der Waals surface area contributed by atoms with Crippen molar-refractivity contribution in [1.82, 2.24) is 0 Å². The van der Waals surface area contributed by atoms with E-state index in [4.69, 9.17) is 9.47 Å². The average Bonchev–Trinajstić information content (AvgIpc) is 3.00. The number of ether oxygens (including phenoxy) is 2. The van der Waals surface area contributed by atoms with Crippen LogP contribution >= 0.6 is 0 Å². The Hall–Kier alpha value is -1.14. The van der Waals surface area contributed by atoms with E-state index in [1.807, 2.05) is 0 Å². The van der Waals surface area contributed by atoms with Gasteiger partial charge < -0.3 is 19.7 Å². The van der Waals surface area contributed by atoms with Gasteiger partial charge in [0.2, 0.25) is 0 Å². The normalized spacial score (nSPS) is 12.4. The minimum absolute atomic E-state index is 0.164. The molecule has 0 saturated carbocycles. The highest BCUT2D eigenvalue weighted by atomic mass is 16.8. The average molecular weight is 655 g/mol. The molecule has 0 radical (unpaired) electrons. The molecule has 0 amide bonds. The van der Waals surface area contributed by atoms with Gasteiger partial charge in [-0.3, -0.25) is 9.59 Å². The maximum Gasteiger partial charge on any atom is 0.375 e. The van der Waals surface area contributed by atoms with Gasteiger partial charge in [-0.1, -0.05) is 194 Å². The SMILES string of the molecule is CCCCCCCCCCCCCCCCCC(=O)OC(O)(CC(C)O)OC(=O)CCCCCCCCCCCCCCCCC. The van der Waals surface area contributed by atoms with Gasteiger partial charge in [-0.25, -0.2) is 0 Å². The Kier molecular flexibility index (Phi) is 32.9. The fourth-order valence-electron chi connectivity index (χ4n) is 6.22. The third-order valence-electron chi connectivity index (χ3n) is 9.07. The number of carbonyl (C=O) groups excluding carboxylic acids is 2. The van der Waals surface area contributed by atoms with Gasteiger partial charge in [0, 0.05) is 12.8 Å². The van der Waals surface area contributed by atoms with Gasteiger partial charge in [0.15, 0.2) is 0 Å². The summed E-state index contributed by atoms with van der Waals surface area (Å²) in [5.41, 5.74) is 0. The van der Waals surface area contributed by atoms with Crippen LogP contribution in [0.15, 0.2) is 0 Å². The van der Waals surface area contributed by atoms with Gasteiger partial charge in [-0.05, 0) is 19.8 Å². The molecule has 0 aromatic heterocycles. The lowest BCUT2D eigenvalue weighted by molar-refractivity contribution is -0.333. The predicted molar refractivity (Wildman–Crippen MR) is 193 cm³/mol. The number of hydrogen-bond acceptors (Lipinski definition) is 6. The molecule has 0 aliphatic heterocycles. The van der Waals surface area contributed by atoms with E-state index in [0.717, 1.165) is 25.7 Å². The topological polar surface area (TPSA) is 93.1 Å². The van der Waals surface area contributed by atoms with E-state index in [1.165, 1.54) is 161 Å². The molecule has 0 aromatic carbocycles. The number of esters is 2. The third kappa shape index (κ3) is 32.8. The molecule has 0 spiro atoms. The molecule has 1 atom stereocenters. The van der Waals surface area contributed by atoms with Gasteiger partial charge in [-0.2, -0.15) is 0 Å². The minimum atomic E-state index is -2.41. The zero-order valence-electron chi connectivity index (χ0n) is 30.9. The highest BCUT2D eigenvalue weighted by Crippen LogP contribution is 2.21. The van der Waals surface area contributed by atoms with Crippen LogP contribution in [0.2, 0.25) is 0 Å². The van der Waals surface area contributed by atoms with E-state index in [9.17, 15) is 19.8 Å². The number of hydrogen-bond donors (Lipinski definition) is 2. The smallest absolute Gasteiger partial charge is 0.375 e. The summed E-state index contributed by atoms with van der Waals surface area (Å²) in [6, 6.07) is 0. The van der Waals surface area contributed by atoms with Crippen LogP contribution in [0.25, 0.3) is 0 Å². The molecule has 0 aromatic rings. The molecule has 0 fully saturated rings. The molecule has 0 heterocycles. The van der Waals surface area contributed by atoms with Gasteiger partial charge in [-0.15, -0.1) is 0 Å². The van der Waals surface area contributed by atoms with Crippen molar-refractivity contribution >= 4 is 11.9 Å². The number of rotatable bonds is 36. The number of aliphatic hydroxyl groups excluding tert-OH is 1. The summed E-state index contributed by atoms with van der Waals surface area (Å²) in [6.45, 7) is 5.99. The first-order valence-corrected chi connectivity index (χ1v) is 20.2. The summed E-state index contributed by atoms with van der Waals surface area (Å²) in [6.07, 6.45) is 36.3. The second kappa shape index (κ2) is 33.7. The molecule has 46 heavy (non-hydrogen) atoms. The second-order valence-corrected chi connectivity index (χ2v) is 14.1. The van der Waals surface area contributed by atoms with Crippen LogP contribution in [-0.4, -0.2) is 34.2 Å². The fourth-order valence-corrected chi connectivity index (χ4v) is 6.22. The molecule has 1 unspecified atom stereocenters. The Morgan fingerprint density at radius 2 is 0.674 bits per heavy atom. The quantitative estimate of drug-likeness (QED) is 0.0397. The van der Waals surface area contributed by atoms with E-state index in [1.54, 1.807) is 0 Å². The van der Waals surface area contributed by atoms with Crippen LogP contribution < -0.4 is 0 Å². The van der Waals surface area contributed by atoms with E-state index in [-0.39, 0.29) is 19.3 Å². The summed E-state index contributed by atoms with van der Waals surface area (Å²) in [7, 11) is 0. The maximum atomic E-state index is 12.4. The van der Waals surface area contributed by atoms with Crippen molar-refractivity contribution in [3.05, 3.63) is 0 Å². The first kappa shape index (κ1) is 44.9. The summed E-state index contributed by atoms with van der Waals surface area (Å²) in [4.78, 5) is 24.8. The lowest BCUT2D eigenvalue weighted by atomic mass is 10.0. The van der Waals surface area contributed by atoms with E-state index >= 15 is 0 Å². The van der Waals surface area contributed by atoms with Crippen LogP contribution in [0.3, 0.4) is 0 Å². The molecule has 0 aliphatic rings. The summed E-state index contributed by atoms with van der Waals surface area (Å²) in [5.74, 6) is -3.61. The van der Waals surface area contributed by atoms with E-state index < -0.39 is 24.0 Å². The van der Waals surface area contributed by atoms with E-state index in [0.29, 0.717) is 12.8 Å². The van der Waals surface area contributed by atoms with Gasteiger partial charge in [0.25, 0.3) is 0 Å². The Balaban J connectivity index is 3.85. The van der Waals surface area contributed by atoms with Gasteiger partial charge in [0.05, 0.1) is 12.5 Å². The van der Waals surface area contributed by atoms with Crippen LogP contribution in [0.1, 0.15) is 233 Å². The second-order valence-electron chi connectivity index (χ2n) is 14.1. The largest absolute Gasteiger partial charge is 0.398 e. The van der Waals surface area contributed by atoms with E-state index in [2.05, 4.69) is 13.8 Å². The van der Waals surface area contributed by atoms with Crippen molar-refractivity contribution in [3.63, 3.8) is 0 Å². The Morgan fingerprint density at radius 1 is 0.457 bits per heavy atom. The third-order valence-corrected chi connectivity index (χ3v) is 9.07. The first-order chi connectivity index (χ1) is 22.3. The predicted octanol–water partition coefficient (Wildman–Crippen LogP) is 12.0. The minimum Gasteiger partial charge on any atom is -0.398 e. The van der Waals surface area contributed by atoms with Crippen LogP contribution in [0.5, 0.6) is 0 Å². The molecule has 2 N–H and O–H groups in total. The zero-order chi connectivity index (χ0) is 34.0. The lowest BCUT2D eigenvalue weighted by Crippen LogP contribution is -2.42. The standard InChI is InChI=1S/C40H78O6/c1-4-6-8-10-12-14-16-18-20-22-24-26-28-30-32-34-38(42)45-40(44,36-37(3)41)46-39(43)35-33-31-29-27-25-23-21-19-17-15-13-11-9-7-5-2/h37,41,44H,4-36H2,1-3H3.